The first-order chi connectivity index (χ1) is 9.39. The first-order valence-corrected chi connectivity index (χ1v) is 5.35. The summed E-state index contributed by atoms with van der Waals surface area (Å²) in [6.45, 7) is 0.499. The SMILES string of the molecule is CC(=O)NC(Nc1cccc(F)c1)(C(F)(F)F)C(F)(F)F. The van der Waals surface area contributed by atoms with E-state index in [2.05, 4.69) is 0 Å². The molecule has 0 unspecified atom stereocenters. The summed E-state index contributed by atoms with van der Waals surface area (Å²) in [5.41, 5.74) is -5.52. The van der Waals surface area contributed by atoms with E-state index >= 15 is 0 Å². The van der Waals surface area contributed by atoms with Gasteiger partial charge in [0.1, 0.15) is 5.82 Å². The molecule has 2 N–H and O–H groups in total. The van der Waals surface area contributed by atoms with Crippen LogP contribution in [0, 0.1) is 5.82 Å². The van der Waals surface area contributed by atoms with Crippen LogP contribution in [0.4, 0.5) is 36.4 Å². The molecule has 1 aromatic rings. The highest BCUT2D eigenvalue weighted by atomic mass is 19.4. The van der Waals surface area contributed by atoms with Gasteiger partial charge in [-0.05, 0) is 18.2 Å². The number of halogens is 7. The summed E-state index contributed by atoms with van der Waals surface area (Å²) >= 11 is 0. The second-order valence-corrected chi connectivity index (χ2v) is 4.06. The van der Waals surface area contributed by atoms with Crippen molar-refractivity contribution in [1.29, 1.82) is 0 Å². The summed E-state index contributed by atoms with van der Waals surface area (Å²) in [5, 5.41) is 1.94. The first kappa shape index (κ1) is 17.1. The van der Waals surface area contributed by atoms with Crippen molar-refractivity contribution >= 4 is 11.6 Å². The summed E-state index contributed by atoms with van der Waals surface area (Å²) in [5.74, 6) is -2.60. The van der Waals surface area contributed by atoms with Gasteiger partial charge in [-0.3, -0.25) is 4.79 Å². The number of amides is 1. The maximum atomic E-state index is 12.9. The summed E-state index contributed by atoms with van der Waals surface area (Å²) in [4.78, 5) is 10.8. The van der Waals surface area contributed by atoms with Gasteiger partial charge in [0.15, 0.2) is 0 Å². The number of hydrogen-bond acceptors (Lipinski definition) is 2. The first-order valence-electron chi connectivity index (χ1n) is 5.35. The number of hydrogen-bond donors (Lipinski definition) is 2. The molecule has 118 valence electrons. The van der Waals surface area contributed by atoms with Gasteiger partial charge >= 0.3 is 18.0 Å². The second-order valence-electron chi connectivity index (χ2n) is 4.06. The van der Waals surface area contributed by atoms with Crippen molar-refractivity contribution < 1.29 is 35.5 Å². The highest BCUT2D eigenvalue weighted by Gasteiger charge is 2.72. The van der Waals surface area contributed by atoms with Gasteiger partial charge in [0, 0.05) is 12.6 Å². The minimum absolute atomic E-state index is 0.439. The van der Waals surface area contributed by atoms with Gasteiger partial charge in [-0.25, -0.2) is 4.39 Å². The van der Waals surface area contributed by atoms with Crippen LogP contribution >= 0.6 is 0 Å². The molecule has 0 atom stereocenters. The van der Waals surface area contributed by atoms with Gasteiger partial charge in [-0.1, -0.05) is 6.07 Å². The molecule has 0 aliphatic rings. The third kappa shape index (κ3) is 3.56. The van der Waals surface area contributed by atoms with Gasteiger partial charge in [-0.15, -0.1) is 0 Å². The molecule has 0 saturated carbocycles. The van der Waals surface area contributed by atoms with E-state index in [4.69, 9.17) is 0 Å². The average Bonchev–Trinajstić information content (AvgIpc) is 2.24. The molecule has 1 aromatic carbocycles. The smallest absolute Gasteiger partial charge is 0.348 e. The third-order valence-electron chi connectivity index (χ3n) is 2.37. The number of benzene rings is 1. The minimum atomic E-state index is -5.91. The minimum Gasteiger partial charge on any atom is -0.348 e. The lowest BCUT2D eigenvalue weighted by Crippen LogP contribution is -2.72. The van der Waals surface area contributed by atoms with E-state index in [0.717, 1.165) is 28.8 Å². The predicted octanol–water partition coefficient (Wildman–Crippen LogP) is 3.19. The Balaban J connectivity index is 3.39. The van der Waals surface area contributed by atoms with Crippen LogP contribution in [0.2, 0.25) is 0 Å². The predicted molar refractivity (Wildman–Crippen MR) is 58.7 cm³/mol. The van der Waals surface area contributed by atoms with Crippen molar-refractivity contribution in [2.75, 3.05) is 5.32 Å². The summed E-state index contributed by atoms with van der Waals surface area (Å²) in [6.07, 6.45) is -11.8. The van der Waals surface area contributed by atoms with E-state index < -0.39 is 35.4 Å². The van der Waals surface area contributed by atoms with Gasteiger partial charge in [0.25, 0.3) is 0 Å². The van der Waals surface area contributed by atoms with Gasteiger partial charge in [0.05, 0.1) is 0 Å². The van der Waals surface area contributed by atoms with Gasteiger partial charge in [-0.2, -0.15) is 26.3 Å². The Bertz CT molecular complexity index is 510. The number of nitrogens with one attached hydrogen (secondary N) is 2. The molecule has 1 rings (SSSR count). The fourth-order valence-corrected chi connectivity index (χ4v) is 1.52. The molecule has 0 aliphatic heterocycles. The van der Waals surface area contributed by atoms with E-state index in [1.165, 1.54) is 0 Å². The van der Waals surface area contributed by atoms with Crippen LogP contribution in [0.25, 0.3) is 0 Å². The highest BCUT2D eigenvalue weighted by Crippen LogP contribution is 2.43. The molecule has 0 aromatic heterocycles. The fourth-order valence-electron chi connectivity index (χ4n) is 1.52. The topological polar surface area (TPSA) is 41.1 Å². The van der Waals surface area contributed by atoms with E-state index in [0.29, 0.717) is 13.0 Å². The van der Waals surface area contributed by atoms with E-state index in [1.807, 2.05) is 0 Å². The van der Waals surface area contributed by atoms with Crippen LogP contribution in [0.3, 0.4) is 0 Å². The molecular formula is C11H9F7N2O. The molecule has 0 aliphatic carbocycles. The number of carbonyl (C=O) groups excluding carboxylic acids is 1. The van der Waals surface area contributed by atoms with Crippen LogP contribution in [0.1, 0.15) is 6.92 Å². The van der Waals surface area contributed by atoms with Crippen molar-refractivity contribution in [3.05, 3.63) is 30.1 Å². The number of anilines is 1. The summed E-state index contributed by atoms with van der Waals surface area (Å²) in [6, 6.07) is 3.00. The zero-order valence-corrected chi connectivity index (χ0v) is 10.4. The molecule has 21 heavy (non-hydrogen) atoms. The molecule has 0 radical (unpaired) electrons. The summed E-state index contributed by atoms with van der Waals surface area (Å²) < 4.78 is 90.5. The lowest BCUT2D eigenvalue weighted by molar-refractivity contribution is -0.295. The fraction of sp³-hybridized carbons (Fsp3) is 0.364. The number of rotatable bonds is 3. The molecule has 0 fully saturated rings. The number of carbonyl (C=O) groups is 1. The van der Waals surface area contributed by atoms with E-state index in [-0.39, 0.29) is 0 Å². The van der Waals surface area contributed by atoms with E-state index in [9.17, 15) is 35.5 Å². The maximum Gasteiger partial charge on any atom is 0.439 e. The van der Waals surface area contributed by atoms with Crippen molar-refractivity contribution in [2.24, 2.45) is 0 Å². The van der Waals surface area contributed by atoms with Crippen molar-refractivity contribution in [2.45, 2.75) is 24.9 Å². The molecule has 1 amide bonds. The number of alkyl halides is 6. The average molecular weight is 318 g/mol. The van der Waals surface area contributed by atoms with Crippen LogP contribution < -0.4 is 10.6 Å². The Morgan fingerprint density at radius 3 is 1.95 bits per heavy atom. The lowest BCUT2D eigenvalue weighted by atomic mass is 10.1. The molecule has 3 nitrogen and oxygen atoms in total. The third-order valence-corrected chi connectivity index (χ3v) is 2.37. The van der Waals surface area contributed by atoms with Crippen LogP contribution in [-0.4, -0.2) is 23.9 Å². The Hall–Kier alpha value is -2.00. The van der Waals surface area contributed by atoms with E-state index in [1.54, 1.807) is 0 Å². The molecule has 0 heterocycles. The highest BCUT2D eigenvalue weighted by molar-refractivity contribution is 5.75. The maximum absolute atomic E-state index is 12.9. The Labute approximate surface area is 114 Å². The monoisotopic (exact) mass is 318 g/mol. The van der Waals surface area contributed by atoms with Gasteiger partial charge in [0.2, 0.25) is 5.91 Å². The Kier molecular flexibility index (Phi) is 4.40. The van der Waals surface area contributed by atoms with Crippen LogP contribution in [-0.2, 0) is 4.79 Å². The molecule has 0 bridgehead atoms. The van der Waals surface area contributed by atoms with Crippen molar-refractivity contribution in [1.82, 2.24) is 5.32 Å². The van der Waals surface area contributed by atoms with Crippen LogP contribution in [0.15, 0.2) is 24.3 Å². The molecule has 0 saturated heterocycles. The van der Waals surface area contributed by atoms with Crippen molar-refractivity contribution in [3.8, 4) is 0 Å². The second kappa shape index (κ2) is 5.41. The van der Waals surface area contributed by atoms with Crippen LogP contribution in [0.5, 0.6) is 0 Å². The quantitative estimate of drug-likeness (QED) is 0.664. The largest absolute Gasteiger partial charge is 0.439 e. The summed E-state index contributed by atoms with van der Waals surface area (Å²) in [7, 11) is 0. The molecular weight excluding hydrogens is 309 g/mol. The normalized spacial score (nSPS) is 13.0. The Morgan fingerprint density at radius 2 is 1.57 bits per heavy atom. The molecule has 10 heteroatoms. The standard InChI is InChI=1S/C11H9F7N2O/c1-6(21)19-9(10(13,14)15,11(16,17)18)20-8-4-2-3-7(12)5-8/h2-5,20H,1H3,(H,19,21). The zero-order chi connectivity index (χ0) is 16.5. The lowest BCUT2D eigenvalue weighted by Gasteiger charge is -2.38. The van der Waals surface area contributed by atoms with Gasteiger partial charge < -0.3 is 10.6 Å². The molecule has 0 spiro atoms. The Morgan fingerprint density at radius 1 is 1.05 bits per heavy atom. The van der Waals surface area contributed by atoms with Crippen molar-refractivity contribution in [3.63, 3.8) is 0 Å². The zero-order valence-electron chi connectivity index (χ0n) is 10.4.